The summed E-state index contributed by atoms with van der Waals surface area (Å²) in [5, 5.41) is 0.524. The lowest BCUT2D eigenvalue weighted by molar-refractivity contribution is -0.122. The van der Waals surface area contributed by atoms with Crippen LogP contribution in [0.15, 0.2) is 36.4 Å². The number of carbonyl (C=O) groups is 3. The molecule has 1 aliphatic rings. The zero-order valence-electron chi connectivity index (χ0n) is 9.84. The first-order valence-corrected chi connectivity index (χ1v) is 5.92. The van der Waals surface area contributed by atoms with Gasteiger partial charge in [-0.05, 0) is 30.3 Å². The number of ether oxygens (including phenoxy) is 1. The third kappa shape index (κ3) is 3.20. The second-order valence-electron chi connectivity index (χ2n) is 3.81. The van der Waals surface area contributed by atoms with Gasteiger partial charge in [0.1, 0.15) is 6.61 Å². The molecule has 1 aliphatic heterocycles. The van der Waals surface area contributed by atoms with E-state index in [9.17, 15) is 14.4 Å². The van der Waals surface area contributed by atoms with Crippen LogP contribution in [0.3, 0.4) is 0 Å². The van der Waals surface area contributed by atoms with Crippen LogP contribution in [0.5, 0.6) is 0 Å². The van der Waals surface area contributed by atoms with Gasteiger partial charge in [0, 0.05) is 16.7 Å². The molecule has 1 aromatic carbocycles. The molecule has 2 amide bonds. The number of ketones is 1. The van der Waals surface area contributed by atoms with Crippen LogP contribution in [0.4, 0.5) is 4.79 Å². The molecule has 0 aliphatic carbocycles. The molecule has 1 saturated heterocycles. The van der Waals surface area contributed by atoms with E-state index in [1.807, 2.05) is 0 Å². The number of imide groups is 1. The molecule has 0 spiro atoms. The Balaban J connectivity index is 2.02. The number of allylic oxidation sites excluding steroid dienone is 1. The summed E-state index contributed by atoms with van der Waals surface area (Å²) in [7, 11) is 0. The molecular formula is C13H10ClNO4. The first kappa shape index (κ1) is 13.3. The minimum absolute atomic E-state index is 0.184. The van der Waals surface area contributed by atoms with Crippen molar-refractivity contribution in [3.8, 4) is 0 Å². The van der Waals surface area contributed by atoms with Gasteiger partial charge in [-0.1, -0.05) is 11.6 Å². The van der Waals surface area contributed by atoms with Crippen molar-refractivity contribution < 1.29 is 19.1 Å². The van der Waals surface area contributed by atoms with E-state index in [0.29, 0.717) is 10.6 Å². The Morgan fingerprint density at radius 3 is 2.47 bits per heavy atom. The van der Waals surface area contributed by atoms with Crippen LogP contribution in [-0.4, -0.2) is 35.8 Å². The molecule has 5 nitrogen and oxygen atoms in total. The molecule has 19 heavy (non-hydrogen) atoms. The number of hydrogen-bond donors (Lipinski definition) is 0. The van der Waals surface area contributed by atoms with Crippen molar-refractivity contribution in [1.82, 2.24) is 4.90 Å². The molecular weight excluding hydrogens is 270 g/mol. The highest BCUT2D eigenvalue weighted by molar-refractivity contribution is 6.30. The summed E-state index contributed by atoms with van der Waals surface area (Å²) in [6.07, 6.45) is 1.49. The molecule has 0 N–H and O–H groups in total. The summed E-state index contributed by atoms with van der Waals surface area (Å²) in [6, 6.07) is 6.29. The van der Waals surface area contributed by atoms with Crippen molar-refractivity contribution in [2.24, 2.45) is 0 Å². The van der Waals surface area contributed by atoms with Gasteiger partial charge in [-0.15, -0.1) is 0 Å². The Morgan fingerprint density at radius 1 is 1.21 bits per heavy atom. The Kier molecular flexibility index (Phi) is 3.97. The predicted octanol–water partition coefficient (Wildman–Crippen LogP) is 2.06. The Labute approximate surface area is 114 Å². The molecule has 0 atom stereocenters. The Bertz CT molecular complexity index is 550. The van der Waals surface area contributed by atoms with Crippen molar-refractivity contribution in [3.63, 3.8) is 0 Å². The van der Waals surface area contributed by atoms with Gasteiger partial charge in [0.25, 0.3) is 5.91 Å². The van der Waals surface area contributed by atoms with E-state index in [2.05, 4.69) is 4.74 Å². The van der Waals surface area contributed by atoms with Crippen molar-refractivity contribution in [2.45, 2.75) is 0 Å². The molecule has 2 rings (SSSR count). The lowest BCUT2D eigenvalue weighted by Gasteiger charge is -2.06. The fourth-order valence-electron chi connectivity index (χ4n) is 1.54. The third-order valence-corrected chi connectivity index (χ3v) is 2.78. The molecule has 0 saturated carbocycles. The molecule has 0 unspecified atom stereocenters. The lowest BCUT2D eigenvalue weighted by Crippen LogP contribution is -2.30. The Morgan fingerprint density at radius 2 is 1.89 bits per heavy atom. The molecule has 1 aromatic rings. The van der Waals surface area contributed by atoms with Gasteiger partial charge >= 0.3 is 6.09 Å². The number of nitrogens with zero attached hydrogens (tertiary/aromatic N) is 1. The van der Waals surface area contributed by atoms with Crippen LogP contribution in [-0.2, 0) is 9.53 Å². The topological polar surface area (TPSA) is 63.7 Å². The summed E-state index contributed by atoms with van der Waals surface area (Å²) >= 11 is 5.70. The third-order valence-electron chi connectivity index (χ3n) is 2.53. The van der Waals surface area contributed by atoms with E-state index >= 15 is 0 Å². The van der Waals surface area contributed by atoms with E-state index in [-0.39, 0.29) is 18.9 Å². The van der Waals surface area contributed by atoms with Crippen molar-refractivity contribution >= 4 is 29.4 Å². The van der Waals surface area contributed by atoms with Crippen molar-refractivity contribution in [3.05, 3.63) is 47.0 Å². The maximum atomic E-state index is 11.7. The average Bonchev–Trinajstić information content (AvgIpc) is 2.83. The van der Waals surface area contributed by atoms with E-state index in [4.69, 9.17) is 11.6 Å². The smallest absolute Gasteiger partial charge is 0.416 e. The Hall–Kier alpha value is -2.14. The van der Waals surface area contributed by atoms with Crippen molar-refractivity contribution in [1.29, 1.82) is 0 Å². The minimum Gasteiger partial charge on any atom is -0.447 e. The summed E-state index contributed by atoms with van der Waals surface area (Å²) < 4.78 is 4.62. The molecule has 98 valence electrons. The van der Waals surface area contributed by atoms with E-state index in [1.54, 1.807) is 24.3 Å². The van der Waals surface area contributed by atoms with Crippen LogP contribution >= 0.6 is 11.6 Å². The highest BCUT2D eigenvalue weighted by Crippen LogP contribution is 2.10. The van der Waals surface area contributed by atoms with Crippen LogP contribution in [0.2, 0.25) is 5.02 Å². The number of hydrogen-bond acceptors (Lipinski definition) is 4. The average molecular weight is 280 g/mol. The molecule has 0 aromatic heterocycles. The van der Waals surface area contributed by atoms with Crippen LogP contribution in [0, 0.1) is 0 Å². The van der Waals surface area contributed by atoms with Gasteiger partial charge in [-0.25, -0.2) is 9.69 Å². The normalized spacial score (nSPS) is 14.8. The van der Waals surface area contributed by atoms with Gasteiger partial charge in [0.2, 0.25) is 0 Å². The highest BCUT2D eigenvalue weighted by atomic mass is 35.5. The summed E-state index contributed by atoms with van der Waals surface area (Å²) in [5.74, 6) is -0.901. The van der Waals surface area contributed by atoms with Crippen LogP contribution in [0.1, 0.15) is 10.4 Å². The van der Waals surface area contributed by atoms with Gasteiger partial charge in [-0.3, -0.25) is 9.59 Å². The quantitative estimate of drug-likeness (QED) is 0.627. The molecule has 0 bridgehead atoms. The number of carbonyl (C=O) groups excluding carboxylic acids is 3. The number of amides is 2. The number of benzene rings is 1. The first-order valence-electron chi connectivity index (χ1n) is 5.54. The summed E-state index contributed by atoms with van der Waals surface area (Å²) in [6.45, 7) is 0.390. The van der Waals surface area contributed by atoms with Crippen LogP contribution in [0.25, 0.3) is 0 Å². The second-order valence-corrected chi connectivity index (χ2v) is 4.25. The monoisotopic (exact) mass is 279 g/mol. The van der Waals surface area contributed by atoms with Crippen molar-refractivity contribution in [2.75, 3.05) is 13.2 Å². The standard InChI is InChI=1S/C13H10ClNO4/c14-10-3-1-9(2-4-10)11(16)5-6-12(17)15-7-8-19-13(15)18/h1-6H,7-8H2/b6-5+. The number of cyclic esters (lactones) is 1. The highest BCUT2D eigenvalue weighted by Gasteiger charge is 2.26. The zero-order chi connectivity index (χ0) is 13.8. The van der Waals surface area contributed by atoms with Gasteiger partial charge in [-0.2, -0.15) is 0 Å². The van der Waals surface area contributed by atoms with Gasteiger partial charge < -0.3 is 4.74 Å². The largest absolute Gasteiger partial charge is 0.447 e. The maximum Gasteiger partial charge on any atom is 0.416 e. The fourth-order valence-corrected chi connectivity index (χ4v) is 1.67. The number of rotatable bonds is 3. The zero-order valence-corrected chi connectivity index (χ0v) is 10.6. The molecule has 6 heteroatoms. The maximum absolute atomic E-state index is 11.7. The van der Waals surface area contributed by atoms with E-state index in [1.165, 1.54) is 0 Å². The van der Waals surface area contributed by atoms with Crippen LogP contribution < -0.4 is 0 Å². The molecule has 1 fully saturated rings. The molecule has 0 radical (unpaired) electrons. The second kappa shape index (κ2) is 5.67. The fraction of sp³-hybridized carbons (Fsp3) is 0.154. The van der Waals surface area contributed by atoms with E-state index in [0.717, 1.165) is 17.1 Å². The predicted molar refractivity (Wildman–Crippen MR) is 68.0 cm³/mol. The number of halogens is 1. The minimum atomic E-state index is -0.686. The van der Waals surface area contributed by atoms with E-state index < -0.39 is 12.0 Å². The molecule has 1 heterocycles. The first-order chi connectivity index (χ1) is 9.08. The summed E-state index contributed by atoms with van der Waals surface area (Å²) in [5.41, 5.74) is 0.414. The van der Waals surface area contributed by atoms with Gasteiger partial charge in [0.05, 0.1) is 6.54 Å². The lowest BCUT2D eigenvalue weighted by atomic mass is 10.1. The summed E-state index contributed by atoms with van der Waals surface area (Å²) in [4.78, 5) is 35.4. The van der Waals surface area contributed by atoms with Gasteiger partial charge in [0.15, 0.2) is 5.78 Å². The SMILES string of the molecule is O=C(/C=C/C(=O)N1CCOC1=O)c1ccc(Cl)cc1.